The van der Waals surface area contributed by atoms with E-state index < -0.39 is 10.8 Å². The zero-order chi connectivity index (χ0) is 19.8. The molecule has 2 aromatic rings. The van der Waals surface area contributed by atoms with Gasteiger partial charge in [-0.15, -0.1) is 0 Å². The second-order valence-electron chi connectivity index (χ2n) is 9.55. The van der Waals surface area contributed by atoms with Crippen LogP contribution in [-0.2, 0) is 27.1 Å². The Balaban J connectivity index is 1.38. The molecule has 5 aliphatic rings. The summed E-state index contributed by atoms with van der Waals surface area (Å²) < 4.78 is 13.9. The van der Waals surface area contributed by atoms with E-state index in [0.717, 1.165) is 36.2 Å². The predicted molar refractivity (Wildman–Crippen MR) is 113 cm³/mol. The summed E-state index contributed by atoms with van der Waals surface area (Å²) in [7, 11) is -0.946. The predicted octanol–water partition coefficient (Wildman–Crippen LogP) is 4.44. The van der Waals surface area contributed by atoms with Crippen LogP contribution < -0.4 is 5.32 Å². The minimum Gasteiger partial charge on any atom is -0.310 e. The Hall–Kier alpha value is -1.66. The fraction of sp³-hybridized carbons (Fsp3) is 0.545. The summed E-state index contributed by atoms with van der Waals surface area (Å²) in [6, 6.07) is 7.49. The van der Waals surface area contributed by atoms with Crippen LogP contribution in [0.1, 0.15) is 49.8 Å². The van der Waals surface area contributed by atoms with Crippen molar-refractivity contribution in [1.82, 2.24) is 9.78 Å². The summed E-state index contributed by atoms with van der Waals surface area (Å²) in [4.78, 5) is 13.6. The van der Waals surface area contributed by atoms with E-state index in [4.69, 9.17) is 16.7 Å². The fourth-order valence-corrected chi connectivity index (χ4v) is 8.13. The lowest BCUT2D eigenvalue weighted by Gasteiger charge is -2.55. The molecule has 0 radical (unpaired) electrons. The maximum absolute atomic E-state index is 13.6. The van der Waals surface area contributed by atoms with Crippen LogP contribution in [0.5, 0.6) is 0 Å². The summed E-state index contributed by atoms with van der Waals surface area (Å²) in [5.74, 6) is 3.86. The molecule has 1 aliphatic heterocycles. The number of fused-ring (bicyclic) bond motifs is 1. The first-order chi connectivity index (χ1) is 14.0. The molecule has 4 saturated carbocycles. The average Bonchev–Trinajstić information content (AvgIpc) is 3.17. The standard InChI is InChI=1S/C22H24ClN3O2S/c23-16-2-1-3-17(7-16)26-20(18-11-29(28)12-19(18)25-26)24-21(27)22-8-13-4-14(9-22)6-15(5-13)10-22/h1-3,7,13-15H,4-6,8-12H2,(H,24,27)/t13?,14?,15?,22?,29-/m1/s1. The van der Waals surface area contributed by atoms with Gasteiger partial charge in [-0.2, -0.15) is 5.10 Å². The molecule has 4 fully saturated rings. The Morgan fingerprint density at radius 2 is 1.83 bits per heavy atom. The molecule has 1 aromatic carbocycles. The van der Waals surface area contributed by atoms with Crippen LogP contribution >= 0.6 is 11.6 Å². The zero-order valence-corrected chi connectivity index (χ0v) is 17.8. The number of amides is 1. The van der Waals surface area contributed by atoms with Crippen molar-refractivity contribution in [1.29, 1.82) is 0 Å². The van der Waals surface area contributed by atoms with Gasteiger partial charge in [0.05, 0.1) is 28.3 Å². The number of benzene rings is 1. The number of hydrogen-bond donors (Lipinski definition) is 1. The first-order valence-electron chi connectivity index (χ1n) is 10.5. The van der Waals surface area contributed by atoms with E-state index in [-0.39, 0.29) is 11.3 Å². The molecular formula is C22H24ClN3O2S. The van der Waals surface area contributed by atoms with E-state index in [9.17, 15) is 9.00 Å². The van der Waals surface area contributed by atoms with Gasteiger partial charge in [-0.3, -0.25) is 9.00 Å². The van der Waals surface area contributed by atoms with Crippen molar-refractivity contribution in [3.63, 3.8) is 0 Å². The lowest BCUT2D eigenvalue weighted by molar-refractivity contribution is -0.140. The Bertz CT molecular complexity index is 1010. The van der Waals surface area contributed by atoms with Gasteiger partial charge in [0.2, 0.25) is 5.91 Å². The Morgan fingerprint density at radius 1 is 1.14 bits per heavy atom. The SMILES string of the molecule is O=C(Nc1c2c(nn1-c1cccc(Cl)c1)C[S@](=O)C2)C12CC3CC(CC(C3)C1)C2. The molecule has 152 valence electrons. The molecule has 5 nitrogen and oxygen atoms in total. The maximum Gasteiger partial charge on any atom is 0.231 e. The van der Waals surface area contributed by atoms with Gasteiger partial charge in [0, 0.05) is 21.4 Å². The number of halogens is 1. The highest BCUT2D eigenvalue weighted by Crippen LogP contribution is 2.60. The Morgan fingerprint density at radius 3 is 2.48 bits per heavy atom. The van der Waals surface area contributed by atoms with Gasteiger partial charge < -0.3 is 5.32 Å². The molecule has 7 rings (SSSR count). The van der Waals surface area contributed by atoms with Crippen molar-refractivity contribution in [2.75, 3.05) is 5.32 Å². The fourth-order valence-electron chi connectivity index (χ4n) is 6.68. The van der Waals surface area contributed by atoms with Gasteiger partial charge in [-0.05, 0) is 74.5 Å². The van der Waals surface area contributed by atoms with Gasteiger partial charge in [0.1, 0.15) is 5.82 Å². The number of hydrogen-bond acceptors (Lipinski definition) is 3. The van der Waals surface area contributed by atoms with Crippen molar-refractivity contribution in [3.05, 3.63) is 40.5 Å². The quantitative estimate of drug-likeness (QED) is 0.784. The van der Waals surface area contributed by atoms with E-state index in [1.165, 1.54) is 19.3 Å². The van der Waals surface area contributed by atoms with Gasteiger partial charge in [-0.1, -0.05) is 17.7 Å². The number of rotatable bonds is 3. The number of nitrogens with one attached hydrogen (secondary N) is 1. The topological polar surface area (TPSA) is 64.0 Å². The third kappa shape index (κ3) is 2.90. The lowest BCUT2D eigenvalue weighted by atomic mass is 9.49. The number of aromatic nitrogens is 2. The van der Waals surface area contributed by atoms with E-state index >= 15 is 0 Å². The van der Waals surface area contributed by atoms with Gasteiger partial charge in [0.25, 0.3) is 0 Å². The zero-order valence-electron chi connectivity index (χ0n) is 16.2. The van der Waals surface area contributed by atoms with E-state index in [1.807, 2.05) is 24.3 Å². The molecule has 4 aliphatic carbocycles. The minimum atomic E-state index is -0.946. The monoisotopic (exact) mass is 429 g/mol. The largest absolute Gasteiger partial charge is 0.310 e. The third-order valence-corrected chi connectivity index (χ3v) is 8.92. The molecule has 1 amide bonds. The van der Waals surface area contributed by atoms with E-state index in [2.05, 4.69) is 5.32 Å². The van der Waals surface area contributed by atoms with E-state index in [0.29, 0.717) is 40.1 Å². The van der Waals surface area contributed by atoms with Crippen molar-refractivity contribution >= 4 is 34.1 Å². The molecular weight excluding hydrogens is 406 g/mol. The normalized spacial score (nSPS) is 34.4. The second kappa shape index (κ2) is 6.42. The number of nitrogens with zero attached hydrogens (tertiary/aromatic N) is 2. The van der Waals surface area contributed by atoms with Crippen molar-refractivity contribution < 1.29 is 9.00 Å². The highest BCUT2D eigenvalue weighted by molar-refractivity contribution is 7.83. The van der Waals surface area contributed by atoms with Crippen molar-refractivity contribution in [3.8, 4) is 5.69 Å². The Kier molecular flexibility index (Phi) is 4.01. The summed E-state index contributed by atoms with van der Waals surface area (Å²) in [5, 5.41) is 8.60. The molecule has 4 bridgehead atoms. The summed E-state index contributed by atoms with van der Waals surface area (Å²) >= 11 is 6.20. The van der Waals surface area contributed by atoms with Crippen LogP contribution in [0.2, 0.25) is 5.02 Å². The number of carbonyl (C=O) groups excluding carboxylic acids is 1. The van der Waals surface area contributed by atoms with Crippen molar-refractivity contribution in [2.24, 2.45) is 23.2 Å². The van der Waals surface area contributed by atoms with Gasteiger partial charge in [0.15, 0.2) is 0 Å². The van der Waals surface area contributed by atoms with E-state index in [1.54, 1.807) is 4.68 Å². The first kappa shape index (κ1) is 18.1. The third-order valence-electron chi connectivity index (χ3n) is 7.47. The molecule has 0 saturated heterocycles. The highest BCUT2D eigenvalue weighted by atomic mass is 35.5. The molecule has 0 spiro atoms. The van der Waals surface area contributed by atoms with Crippen LogP contribution in [0.4, 0.5) is 5.82 Å². The van der Waals surface area contributed by atoms with Gasteiger partial charge >= 0.3 is 0 Å². The summed E-state index contributed by atoms with van der Waals surface area (Å²) in [6.45, 7) is 0. The van der Waals surface area contributed by atoms with Crippen molar-refractivity contribution in [2.45, 2.75) is 50.0 Å². The second-order valence-corrected chi connectivity index (χ2v) is 11.4. The summed E-state index contributed by atoms with van der Waals surface area (Å²) in [5.41, 5.74) is 2.33. The molecule has 1 atom stereocenters. The smallest absolute Gasteiger partial charge is 0.231 e. The van der Waals surface area contributed by atoms with Gasteiger partial charge in [-0.25, -0.2) is 4.68 Å². The molecule has 2 heterocycles. The lowest BCUT2D eigenvalue weighted by Crippen LogP contribution is -2.52. The minimum absolute atomic E-state index is 0.139. The summed E-state index contributed by atoms with van der Waals surface area (Å²) in [6.07, 6.45) is 6.98. The van der Waals surface area contributed by atoms with Crippen LogP contribution in [0.3, 0.4) is 0 Å². The number of anilines is 1. The van der Waals surface area contributed by atoms with Crippen LogP contribution in [0, 0.1) is 23.2 Å². The Labute approximate surface area is 177 Å². The van der Waals surface area contributed by atoms with Crippen LogP contribution in [0.25, 0.3) is 5.69 Å². The molecule has 0 unspecified atom stereocenters. The molecule has 7 heteroatoms. The first-order valence-corrected chi connectivity index (χ1v) is 12.4. The average molecular weight is 430 g/mol. The highest BCUT2D eigenvalue weighted by Gasteiger charge is 2.54. The van der Waals surface area contributed by atoms with Crippen LogP contribution in [-0.4, -0.2) is 19.9 Å². The van der Waals surface area contributed by atoms with Crippen LogP contribution in [0.15, 0.2) is 24.3 Å². The molecule has 1 N–H and O–H groups in total. The molecule has 1 aromatic heterocycles. The maximum atomic E-state index is 13.6. The molecule has 29 heavy (non-hydrogen) atoms. The number of carbonyl (C=O) groups is 1.